The van der Waals surface area contributed by atoms with Gasteiger partial charge in [0.2, 0.25) is 14.7 Å². The van der Waals surface area contributed by atoms with Gasteiger partial charge < -0.3 is 19.1 Å². The second-order valence-corrected chi connectivity index (χ2v) is 43.1. The Morgan fingerprint density at radius 2 is 0.801 bits per heavy atom. The third-order valence-corrected chi connectivity index (χ3v) is 26.1. The molecule has 141 heavy (non-hydrogen) atoms. The van der Waals surface area contributed by atoms with Crippen LogP contribution in [0.2, 0.25) is 5.02 Å². The number of halogens is 9. The predicted molar refractivity (Wildman–Crippen MR) is 596 cm³/mol. The minimum Gasteiger partial charge on any atom is -0.506 e. The molecule has 0 atom stereocenters. The Morgan fingerprint density at radius 3 is 1.16 bits per heavy atom. The average molecular weight is 2370 g/mol. The first-order valence-corrected chi connectivity index (χ1v) is 57.5. The number of hydrogen-bond acceptors (Lipinski definition) is 27. The molecule has 0 bridgehead atoms. The fourth-order valence-corrected chi connectivity index (χ4v) is 16.2. The van der Waals surface area contributed by atoms with Crippen molar-refractivity contribution in [1.29, 1.82) is 0 Å². The van der Waals surface area contributed by atoms with Crippen molar-refractivity contribution < 1.29 is 102 Å². The minimum atomic E-state index is -6.03. The lowest BCUT2D eigenvalue weighted by molar-refractivity contribution is -0.145. The smallest absolute Gasteiger partial charge is 0.506 e. The number of fused-ring (bicyclic) bond motifs is 8. The lowest BCUT2D eigenvalue weighted by atomic mass is 9.97. The fraction of sp³-hybridized carbons (Fsp3) is 0.146. The monoisotopic (exact) mass is 2360 g/mol. The molecule has 45 heteroatoms. The second kappa shape index (κ2) is 68.8. The summed E-state index contributed by atoms with van der Waals surface area (Å²) in [7, 11) is 8.53. The molecule has 14 rings (SSSR count). The highest BCUT2D eigenvalue weighted by Gasteiger charge is 2.50. The molecule has 9 aliphatic rings. The molecule has 9 aliphatic carbocycles. The summed E-state index contributed by atoms with van der Waals surface area (Å²) < 4.78 is 105. The highest BCUT2D eigenvalue weighted by atomic mass is 79.9. The molecule has 0 fully saturated rings. The van der Waals surface area contributed by atoms with Crippen molar-refractivity contribution in [3.63, 3.8) is 0 Å². The normalized spacial score (nSPS) is 9.94. The molecule has 746 valence electrons. The van der Waals surface area contributed by atoms with E-state index in [2.05, 4.69) is 160 Å². The number of Topliss-reactive ketones (excluding diaryl/α,β-unsaturated/α-hetero) is 8. The average Bonchev–Trinajstić information content (AvgIpc) is 1.55. The summed E-state index contributed by atoms with van der Waals surface area (Å²) in [6.07, 6.45) is -0.480. The lowest BCUT2D eigenvalue weighted by Gasteiger charge is -2.11. The zero-order valence-electron chi connectivity index (χ0n) is 74.1. The quantitative estimate of drug-likeness (QED) is 0.0194. The van der Waals surface area contributed by atoms with E-state index in [0.717, 1.165) is 77.3 Å². The van der Waals surface area contributed by atoms with E-state index in [4.69, 9.17) is 20.9 Å². The van der Waals surface area contributed by atoms with Crippen LogP contribution in [0.4, 0.5) is 22.0 Å². The van der Waals surface area contributed by atoms with Gasteiger partial charge in [0, 0.05) is 196 Å². The number of rotatable bonds is 14. The highest BCUT2D eigenvalue weighted by Crippen LogP contribution is 2.48. The van der Waals surface area contributed by atoms with Crippen LogP contribution in [-0.2, 0) is 181 Å². The van der Waals surface area contributed by atoms with Crippen LogP contribution in [0, 0.1) is 18.6 Å². The predicted octanol–water partition coefficient (Wildman–Crippen LogP) is 22.9. The number of carbonyl (C=O) groups excluding carboxylic acids is 10. The van der Waals surface area contributed by atoms with Crippen molar-refractivity contribution in [2.75, 3.05) is 6.61 Å². The SMILES string of the molecule is C.CC(=O)c1c2cccccc-2c(C(C)=O)c1-c1ccc(F)cc1.CC(=O)c1c2cccccc-2c(C(C)=O)c1O.CC(=O)c1c2cccccc-2c(C(C)=O)c1OS(=O)(=O)C(F)(F)F.CCOC(=O)CC(=O)CC(C)=O.Cc1ccc2c(c1)C(=O)c1c3cccccc-3cc1-2.Fc1ccc(Br)cc1.O=S(Cl)Cl.O=c1cccccc1Cl.O=c1cccccc1O.S.S=S.S=S=S.S=S=S=S.S=S=S=S=S. The largest absolute Gasteiger partial charge is 0.534 e. The van der Waals surface area contributed by atoms with Crippen molar-refractivity contribution in [2.45, 2.75) is 88.1 Å². The molecular formula is C96H83BrCl3F5O19S17. The van der Waals surface area contributed by atoms with E-state index in [1.165, 1.54) is 146 Å². The van der Waals surface area contributed by atoms with Crippen molar-refractivity contribution in [2.24, 2.45) is 0 Å². The van der Waals surface area contributed by atoms with Crippen LogP contribution in [-0.4, -0.2) is 93.0 Å². The zero-order valence-corrected chi connectivity index (χ0v) is 92.1. The number of hydrogen-bond donors (Lipinski definition) is 2. The second-order valence-electron chi connectivity index (χ2n) is 27.1. The number of aryl methyl sites for hydroxylation is 1. The van der Waals surface area contributed by atoms with Gasteiger partial charge in [0.1, 0.15) is 29.6 Å². The van der Waals surface area contributed by atoms with Gasteiger partial charge in [-0.15, -0.1) is 0 Å². The van der Waals surface area contributed by atoms with Crippen molar-refractivity contribution in [1.82, 2.24) is 0 Å². The maximum absolute atomic E-state index is 13.2. The molecule has 0 radical (unpaired) electrons. The molecule has 0 spiro atoms. The Kier molecular flexibility index (Phi) is 64.3. The number of aromatic hydroxyl groups is 2. The van der Waals surface area contributed by atoms with Gasteiger partial charge in [-0.05, 0) is 196 Å². The summed E-state index contributed by atoms with van der Waals surface area (Å²) in [5.41, 5.74) is 5.93. The van der Waals surface area contributed by atoms with Gasteiger partial charge in [0.05, 0.1) is 40.3 Å². The first kappa shape index (κ1) is 132. The maximum atomic E-state index is 13.2. The van der Waals surface area contributed by atoms with E-state index in [1.807, 2.05) is 73.7 Å². The molecule has 2 N–H and O–H groups in total. The molecule has 0 amide bonds. The Hall–Kier alpha value is -9.33. The van der Waals surface area contributed by atoms with Crippen LogP contribution in [0.1, 0.15) is 159 Å². The molecule has 0 saturated heterocycles. The van der Waals surface area contributed by atoms with Crippen molar-refractivity contribution in [3.8, 4) is 84.0 Å². The first-order chi connectivity index (χ1) is 65.7. The van der Waals surface area contributed by atoms with E-state index in [0.29, 0.717) is 33.4 Å². The molecule has 0 unspecified atom stereocenters. The maximum Gasteiger partial charge on any atom is 0.534 e. The van der Waals surface area contributed by atoms with Crippen molar-refractivity contribution >= 4 is 283 Å². The Bertz CT molecular complexity index is 6750. The molecule has 0 aliphatic heterocycles. The third kappa shape index (κ3) is 43.2. The van der Waals surface area contributed by atoms with Crippen LogP contribution in [0.25, 0.3) is 66.8 Å². The van der Waals surface area contributed by atoms with Gasteiger partial charge >= 0.3 is 21.6 Å². The van der Waals surface area contributed by atoms with Gasteiger partial charge in [-0.25, -0.2) is 13.0 Å². The standard InChI is InChI=1S/C20H15FO2.C18H12O.C15H11F3O5S.C14H12O3.C8H12O4.C7H5ClO.C7H6O2.C6H4BrF.CH4.Cl2OS.S5.S4.S3.S2.H2S/c1-12(22)18-16-6-4-3-5-7-17(16)19(13(2)23)20(18)14-8-10-15(21)11-9-14;1-11-7-8-14-15-10-12-5-3-2-4-6-13(12)17(15)18(19)16(14)9-11;1-8(19)12-10-6-4-3-5-7-11(10)13(9(2)20)14(12)23-24(21,22)15(16,17)18;1-8(15)12-10-6-4-3-5-7-11(10)13(9(2)16)14(12)17;1-3-12-8(11)5-7(10)4-6(2)9;2*8-6-4-2-1-3-5-7(6)9;7-5-1-3-6(8)4-2-5;;1-4(2)3;1-3-5-4-2;1-3-4-2;1-3-2;1-2;/h3-11H,1-2H3;2-10H,1H3;3-7H,1-2H3;3-7,17H,1-2H3;3-5H2,1-2H3;1-5H;1-5H,(H,8,9);1-4H;1H4;;;;;;1H2. The fourth-order valence-electron chi connectivity index (χ4n) is 12.5. The number of ether oxygens (including phenoxy) is 1. The molecule has 0 aromatic heterocycles. The first-order valence-electron chi connectivity index (χ1n) is 38.8. The molecule has 0 saturated carbocycles. The summed E-state index contributed by atoms with van der Waals surface area (Å²) in [6.45, 7) is 13.1. The summed E-state index contributed by atoms with van der Waals surface area (Å²) in [4.78, 5) is 137. The Balaban J connectivity index is 0.00000158. The van der Waals surface area contributed by atoms with Crippen LogP contribution >= 0.6 is 62.4 Å². The van der Waals surface area contributed by atoms with Gasteiger partial charge in [0.25, 0.3) is 0 Å². The lowest BCUT2D eigenvalue weighted by Crippen LogP contribution is -2.28. The number of esters is 1. The van der Waals surface area contributed by atoms with E-state index in [9.17, 15) is 93.0 Å². The molecule has 5 aromatic carbocycles. The van der Waals surface area contributed by atoms with Crippen molar-refractivity contribution in [3.05, 3.63) is 346 Å². The summed E-state index contributed by atoms with van der Waals surface area (Å²) in [5, 5.41) is 19.0. The summed E-state index contributed by atoms with van der Waals surface area (Å²) >= 11 is 41.8. The number of carbonyl (C=O) groups is 10. The van der Waals surface area contributed by atoms with E-state index in [-0.39, 0.29) is 153 Å². The molecule has 0 heterocycles. The summed E-state index contributed by atoms with van der Waals surface area (Å²) in [5.74, 6) is -5.07. The Labute approximate surface area is 899 Å². The van der Waals surface area contributed by atoms with Gasteiger partial charge in [-0.1, -0.05) is 223 Å². The number of alkyl halides is 3. The van der Waals surface area contributed by atoms with E-state index in [1.54, 1.807) is 104 Å². The number of benzene rings is 3. The van der Waals surface area contributed by atoms with Crippen LogP contribution < -0.4 is 15.0 Å². The van der Waals surface area contributed by atoms with Crippen LogP contribution in [0.3, 0.4) is 0 Å². The van der Waals surface area contributed by atoms with Gasteiger partial charge in [-0.2, -0.15) is 35.1 Å². The minimum absolute atomic E-state index is 0. The third-order valence-electron chi connectivity index (χ3n) is 17.6. The van der Waals surface area contributed by atoms with E-state index >= 15 is 0 Å². The molecule has 5 aromatic rings. The highest BCUT2D eigenvalue weighted by molar-refractivity contribution is 9.10. The Morgan fingerprint density at radius 1 is 0.447 bits per heavy atom. The number of ketones is 9. The van der Waals surface area contributed by atoms with Crippen LogP contribution in [0.5, 0.6) is 17.2 Å². The summed E-state index contributed by atoms with van der Waals surface area (Å²) in [6, 6.07) is 71.5. The molecule has 19 nitrogen and oxygen atoms in total. The van der Waals surface area contributed by atoms with E-state index < -0.39 is 48.1 Å². The molecular weight excluding hydrogens is 2280 g/mol. The topological polar surface area (TPSA) is 315 Å². The zero-order chi connectivity index (χ0) is 105. The van der Waals surface area contributed by atoms with Gasteiger partial charge in [-0.3, -0.25) is 57.5 Å². The van der Waals surface area contributed by atoms with Crippen LogP contribution in [0.15, 0.2) is 269 Å². The van der Waals surface area contributed by atoms with Gasteiger partial charge in [0.15, 0.2) is 63.2 Å².